The molecule has 0 radical (unpaired) electrons. The van der Waals surface area contributed by atoms with E-state index in [2.05, 4.69) is 202 Å². The molecule has 0 atom stereocenters. The van der Waals surface area contributed by atoms with Gasteiger partial charge >= 0.3 is 7.12 Å². The molecule has 10 aromatic rings. The van der Waals surface area contributed by atoms with Crippen LogP contribution in [0.2, 0.25) is 6.32 Å². The third kappa shape index (κ3) is 9.65. The van der Waals surface area contributed by atoms with Gasteiger partial charge in [0.15, 0.2) is 0 Å². The van der Waals surface area contributed by atoms with E-state index in [9.17, 15) is 0 Å². The van der Waals surface area contributed by atoms with E-state index in [0.717, 1.165) is 55.2 Å². The molecular weight excluding hydrogens is 1010 g/mol. The normalized spacial score (nSPS) is 11.5. The van der Waals surface area contributed by atoms with Gasteiger partial charge in [0.2, 0.25) is 0 Å². The van der Waals surface area contributed by atoms with Crippen molar-refractivity contribution in [3.63, 3.8) is 0 Å². The van der Waals surface area contributed by atoms with Crippen LogP contribution in [0, 0.1) is 17.8 Å². The fourth-order valence-corrected chi connectivity index (χ4v) is 10.3. The van der Waals surface area contributed by atoms with Crippen LogP contribution in [0.25, 0.3) is 77.2 Å². The van der Waals surface area contributed by atoms with E-state index in [1.807, 2.05) is 26.1 Å². The van der Waals surface area contributed by atoms with E-state index in [-0.39, 0.29) is 20.4 Å². The molecule has 0 aliphatic heterocycles. The first-order chi connectivity index (χ1) is 30.4. The van der Waals surface area contributed by atoms with Crippen molar-refractivity contribution >= 4 is 93.6 Å². The van der Waals surface area contributed by atoms with E-state index in [0.29, 0.717) is 24.1 Å². The molecule has 0 bridgehead atoms. The van der Waals surface area contributed by atoms with Gasteiger partial charge in [0, 0.05) is 62.0 Å². The van der Waals surface area contributed by atoms with Gasteiger partial charge in [-0.05, 0) is 83.1 Å². The minimum atomic E-state index is -1.13. The van der Waals surface area contributed by atoms with Gasteiger partial charge in [0.25, 0.3) is 0 Å². The van der Waals surface area contributed by atoms with E-state index in [1.165, 1.54) is 54.8 Å². The number of aromatic nitrogens is 4. The van der Waals surface area contributed by atoms with Gasteiger partial charge in [0.1, 0.15) is 11.3 Å². The molecule has 10 heteroatoms. The summed E-state index contributed by atoms with van der Waals surface area (Å²) >= 11 is 7.39. The molecule has 6 nitrogen and oxygen atoms in total. The zero-order chi connectivity index (χ0) is 44.4. The molecule has 0 saturated heterocycles. The third-order valence-corrected chi connectivity index (χ3v) is 12.7. The summed E-state index contributed by atoms with van der Waals surface area (Å²) in [6, 6.07) is 47.3. The Kier molecular flexibility index (Phi) is 15.3. The number of hydrogen-bond acceptors (Lipinski definition) is 4. The Bertz CT molecular complexity index is 3180. The van der Waals surface area contributed by atoms with Gasteiger partial charge in [-0.25, -0.2) is 9.97 Å². The van der Waals surface area contributed by atoms with Crippen molar-refractivity contribution in [1.29, 1.82) is 0 Å². The molecular formula is C54H53BBr2N4O2Pd. The molecule has 4 aromatic heterocycles. The smallest absolute Gasteiger partial charge is 0.427 e. The molecule has 0 aliphatic carbocycles. The zero-order valence-corrected chi connectivity index (χ0v) is 41.8. The van der Waals surface area contributed by atoms with Gasteiger partial charge in [-0.2, -0.15) is 0 Å². The van der Waals surface area contributed by atoms with Crippen LogP contribution in [-0.4, -0.2) is 35.9 Å². The molecule has 0 fully saturated rings. The van der Waals surface area contributed by atoms with Crippen LogP contribution in [0.5, 0.6) is 0 Å². The molecule has 0 amide bonds. The summed E-state index contributed by atoms with van der Waals surface area (Å²) in [6.45, 7) is 13.1. The Labute approximate surface area is 406 Å². The van der Waals surface area contributed by atoms with E-state index in [4.69, 9.17) is 20.0 Å². The first-order valence-corrected chi connectivity index (χ1v) is 23.5. The Morgan fingerprint density at radius 1 is 0.469 bits per heavy atom. The Balaban J connectivity index is 0.000000167. The maximum absolute atomic E-state index is 8.28. The van der Waals surface area contributed by atoms with E-state index >= 15 is 0 Å². The number of pyridine rings is 2. The van der Waals surface area contributed by atoms with Crippen molar-refractivity contribution in [1.82, 2.24) is 18.8 Å². The van der Waals surface area contributed by atoms with Gasteiger partial charge in [-0.1, -0.05) is 183 Å². The minimum absolute atomic E-state index is 0. The molecule has 0 unspecified atom stereocenters. The number of hydrogen-bond donors (Lipinski definition) is 2. The summed E-state index contributed by atoms with van der Waals surface area (Å²) in [5.41, 5.74) is 12.0. The average Bonchev–Trinajstić information content (AvgIpc) is 3.90. The van der Waals surface area contributed by atoms with Crippen molar-refractivity contribution in [2.24, 2.45) is 17.8 Å². The molecule has 0 aliphatic rings. The van der Waals surface area contributed by atoms with Crippen LogP contribution in [0.3, 0.4) is 0 Å². The van der Waals surface area contributed by atoms with E-state index in [1.54, 1.807) is 0 Å². The molecule has 10 rings (SSSR count). The number of imidazole rings is 2. The van der Waals surface area contributed by atoms with Crippen LogP contribution in [0.15, 0.2) is 155 Å². The standard InChI is InChI=1S/C29H30N2.C21H12Br2N2.C4H11BO2.Pd/c1-19(2)16-21-10-9-11-22(17-20(3)4)28(21)27-18-30-29-25-14-6-5-12-23(25)24-13-7-8-15-26(24)31(27)29;22-16-9-5-10-17(23)20(16)19-12-24-21-15-8-2-1-6-13(15)14-7-3-4-11-18(14)25(19)21;1-4(2)3-5(6)7;/h5-15,18-20H,16-17H2,1-4H3;1-12H;4,6-7H,3H2,1-2H3;. The van der Waals surface area contributed by atoms with Crippen LogP contribution >= 0.6 is 31.9 Å². The maximum Gasteiger partial charge on any atom is 0.451 e. The summed E-state index contributed by atoms with van der Waals surface area (Å²) in [5.74, 6) is 1.58. The largest absolute Gasteiger partial charge is 0.451 e. The van der Waals surface area contributed by atoms with E-state index < -0.39 is 7.12 Å². The number of benzene rings is 6. The first-order valence-electron chi connectivity index (χ1n) is 21.9. The average molecular weight is 1070 g/mol. The molecule has 6 aromatic carbocycles. The van der Waals surface area contributed by atoms with Crippen molar-refractivity contribution in [2.75, 3.05) is 0 Å². The number of rotatable bonds is 8. The Hall–Kier alpha value is -4.65. The summed E-state index contributed by atoms with van der Waals surface area (Å²) < 4.78 is 6.73. The van der Waals surface area contributed by atoms with Gasteiger partial charge in [-0.15, -0.1) is 0 Å². The van der Waals surface area contributed by atoms with Crippen LogP contribution < -0.4 is 0 Å². The third-order valence-electron chi connectivity index (χ3n) is 11.4. The summed E-state index contributed by atoms with van der Waals surface area (Å²) in [5, 5.41) is 23.9. The van der Waals surface area contributed by atoms with Crippen molar-refractivity contribution in [3.8, 4) is 22.5 Å². The fourth-order valence-electron chi connectivity index (χ4n) is 8.91. The number of halogens is 2. The molecule has 64 heavy (non-hydrogen) atoms. The SMILES string of the molecule is Brc1cccc(Br)c1-c1cnc2c3ccccc3c3ccccc3n12.CC(C)CB(O)O.CC(C)Cc1cccc(CC(C)C)c1-c1cnc2c3ccccc3c3ccccc3n12.[Pd]. The second-order valence-corrected chi connectivity index (χ2v) is 19.3. The summed E-state index contributed by atoms with van der Waals surface area (Å²) in [6.07, 6.45) is 6.66. The van der Waals surface area contributed by atoms with Gasteiger partial charge in [-0.3, -0.25) is 8.80 Å². The molecule has 0 saturated carbocycles. The molecule has 4 heterocycles. The van der Waals surface area contributed by atoms with Crippen molar-refractivity contribution in [3.05, 3.63) is 166 Å². The zero-order valence-electron chi connectivity index (χ0n) is 37.0. The monoisotopic (exact) mass is 1060 g/mol. The Morgan fingerprint density at radius 2 is 0.844 bits per heavy atom. The predicted molar refractivity (Wildman–Crippen MR) is 274 cm³/mol. The summed E-state index contributed by atoms with van der Waals surface area (Å²) in [4.78, 5) is 9.75. The molecule has 2 N–H and O–H groups in total. The minimum Gasteiger partial charge on any atom is -0.427 e. The second-order valence-electron chi connectivity index (χ2n) is 17.6. The first kappa shape index (κ1) is 47.3. The molecule has 328 valence electrons. The quantitative estimate of drug-likeness (QED) is 0.117. The maximum atomic E-state index is 8.28. The number of nitrogens with zero attached hydrogens (tertiary/aromatic N) is 4. The molecule has 0 spiro atoms. The number of fused-ring (bicyclic) bond motifs is 12. The van der Waals surface area contributed by atoms with Crippen LogP contribution in [0.4, 0.5) is 0 Å². The van der Waals surface area contributed by atoms with Crippen molar-refractivity contribution < 1.29 is 30.5 Å². The van der Waals surface area contributed by atoms with Gasteiger partial charge in [0.05, 0.1) is 34.8 Å². The van der Waals surface area contributed by atoms with Crippen LogP contribution in [-0.2, 0) is 33.3 Å². The van der Waals surface area contributed by atoms with Crippen LogP contribution in [0.1, 0.15) is 52.7 Å². The Morgan fingerprint density at radius 3 is 1.23 bits per heavy atom. The van der Waals surface area contributed by atoms with Crippen molar-refractivity contribution in [2.45, 2.75) is 60.7 Å². The second kappa shape index (κ2) is 20.7. The predicted octanol–water partition coefficient (Wildman–Crippen LogP) is 14.7. The topological polar surface area (TPSA) is 75.1 Å². The number of para-hydroxylation sites is 2. The fraction of sp³-hybridized carbons (Fsp3) is 0.222. The summed E-state index contributed by atoms with van der Waals surface area (Å²) in [7, 11) is -1.13. The van der Waals surface area contributed by atoms with Gasteiger partial charge < -0.3 is 10.0 Å².